The van der Waals surface area contributed by atoms with Crippen molar-refractivity contribution in [3.05, 3.63) is 58.7 Å². The lowest BCUT2D eigenvalue weighted by molar-refractivity contribution is 0.589. The van der Waals surface area contributed by atoms with E-state index in [0.717, 1.165) is 0 Å². The molecule has 0 aliphatic heterocycles. The molecule has 1 heterocycles. The van der Waals surface area contributed by atoms with E-state index in [4.69, 9.17) is 5.73 Å². The van der Waals surface area contributed by atoms with E-state index in [1.807, 2.05) is 12.1 Å². The van der Waals surface area contributed by atoms with Gasteiger partial charge in [0, 0.05) is 9.86 Å². The third-order valence-corrected chi connectivity index (χ3v) is 3.52. The van der Waals surface area contributed by atoms with Crippen LogP contribution in [0.5, 0.6) is 0 Å². The van der Waals surface area contributed by atoms with Crippen LogP contribution in [0, 0.1) is 11.6 Å². The van der Waals surface area contributed by atoms with Gasteiger partial charge >= 0.3 is 0 Å². The highest BCUT2D eigenvalue weighted by atomic mass is 79.9. The minimum atomic E-state index is -0.706. The molecule has 3 rings (SSSR count). The molecule has 0 aliphatic carbocycles. The maximum atomic E-state index is 13.9. The maximum Gasteiger partial charge on any atom is 0.150 e. The Kier molecular flexibility index (Phi) is 3.47. The van der Waals surface area contributed by atoms with E-state index in [2.05, 4.69) is 26.2 Å². The zero-order valence-electron chi connectivity index (χ0n) is 10.7. The molecule has 0 radical (unpaired) electrons. The fourth-order valence-corrected chi connectivity index (χ4v) is 2.48. The van der Waals surface area contributed by atoms with Crippen LogP contribution in [0.1, 0.15) is 0 Å². The van der Waals surface area contributed by atoms with E-state index < -0.39 is 11.6 Å². The molecule has 0 spiro atoms. The summed E-state index contributed by atoms with van der Waals surface area (Å²) in [4.78, 5) is 4.18. The number of nitrogens with one attached hydrogen (secondary N) is 1. The Morgan fingerprint density at radius 2 is 1.71 bits per heavy atom. The topological polar surface area (TPSA) is 50.9 Å². The van der Waals surface area contributed by atoms with Gasteiger partial charge in [-0.15, -0.1) is 0 Å². The van der Waals surface area contributed by atoms with Crippen LogP contribution >= 0.6 is 15.9 Å². The van der Waals surface area contributed by atoms with Gasteiger partial charge in [0.15, 0.2) is 11.6 Å². The predicted octanol–water partition coefficient (Wildman–Crippen LogP) is 4.60. The Bertz CT molecular complexity index is 813. The highest BCUT2D eigenvalue weighted by Crippen LogP contribution is 2.33. The summed E-state index contributed by atoms with van der Waals surface area (Å²) in [6, 6.07) is 9.60. The van der Waals surface area contributed by atoms with E-state index in [0.29, 0.717) is 26.8 Å². The van der Waals surface area contributed by atoms with E-state index in [1.165, 1.54) is 18.3 Å². The summed E-state index contributed by atoms with van der Waals surface area (Å²) in [5.74, 6) is -1.41. The lowest BCUT2D eigenvalue weighted by Gasteiger charge is -2.13. The second-order valence-corrected chi connectivity index (χ2v) is 5.39. The van der Waals surface area contributed by atoms with Gasteiger partial charge in [0.25, 0.3) is 0 Å². The van der Waals surface area contributed by atoms with Crippen LogP contribution in [-0.4, -0.2) is 4.98 Å². The van der Waals surface area contributed by atoms with Gasteiger partial charge in [-0.3, -0.25) is 4.98 Å². The molecule has 0 saturated carbocycles. The number of anilines is 3. The number of halogens is 3. The van der Waals surface area contributed by atoms with Crippen molar-refractivity contribution in [3.8, 4) is 0 Å². The van der Waals surface area contributed by atoms with Crippen LogP contribution < -0.4 is 11.1 Å². The fourth-order valence-electron chi connectivity index (χ4n) is 2.08. The Hall–Kier alpha value is -2.21. The minimum absolute atomic E-state index is 0.249. The van der Waals surface area contributed by atoms with Gasteiger partial charge in [0.1, 0.15) is 5.69 Å². The number of hydrogen-bond donors (Lipinski definition) is 2. The van der Waals surface area contributed by atoms with Gasteiger partial charge in [-0.1, -0.05) is 34.1 Å². The third kappa shape index (κ3) is 2.54. The molecule has 1 aromatic heterocycles. The Morgan fingerprint density at radius 1 is 1.05 bits per heavy atom. The van der Waals surface area contributed by atoms with Crippen LogP contribution in [0.3, 0.4) is 0 Å². The first-order valence-electron chi connectivity index (χ1n) is 6.11. The minimum Gasteiger partial charge on any atom is -0.396 e. The Labute approximate surface area is 127 Å². The van der Waals surface area contributed by atoms with Gasteiger partial charge < -0.3 is 11.1 Å². The SMILES string of the molecule is Nc1cnc2ccccc2c1Nc1c(F)cc(Br)cc1F. The number of hydrogen-bond acceptors (Lipinski definition) is 3. The van der Waals surface area contributed by atoms with Crippen molar-refractivity contribution >= 4 is 43.9 Å². The first-order chi connectivity index (χ1) is 10.1. The lowest BCUT2D eigenvalue weighted by atomic mass is 10.1. The number of pyridine rings is 1. The van der Waals surface area contributed by atoms with Crippen molar-refractivity contribution in [3.63, 3.8) is 0 Å². The van der Waals surface area contributed by atoms with E-state index in [1.54, 1.807) is 12.1 Å². The summed E-state index contributed by atoms with van der Waals surface area (Å²) in [6.07, 6.45) is 1.46. The van der Waals surface area contributed by atoms with Crippen molar-refractivity contribution < 1.29 is 8.78 Å². The van der Waals surface area contributed by atoms with Crippen LogP contribution in [0.25, 0.3) is 10.9 Å². The molecule has 0 saturated heterocycles. The molecule has 0 unspecified atom stereocenters. The second-order valence-electron chi connectivity index (χ2n) is 4.48. The summed E-state index contributed by atoms with van der Waals surface area (Å²) in [5, 5.41) is 3.44. The molecule has 3 N–H and O–H groups in total. The molecule has 0 amide bonds. The number of rotatable bonds is 2. The summed E-state index contributed by atoms with van der Waals surface area (Å²) in [5.41, 5.74) is 7.07. The predicted molar refractivity (Wildman–Crippen MR) is 83.5 cm³/mol. The monoisotopic (exact) mass is 349 g/mol. The molecule has 2 aromatic carbocycles. The summed E-state index contributed by atoms with van der Waals surface area (Å²) < 4.78 is 28.2. The largest absolute Gasteiger partial charge is 0.396 e. The summed E-state index contributed by atoms with van der Waals surface area (Å²) in [6.45, 7) is 0. The van der Waals surface area contributed by atoms with Gasteiger partial charge in [-0.05, 0) is 18.2 Å². The van der Waals surface area contributed by atoms with Crippen molar-refractivity contribution in [1.29, 1.82) is 0 Å². The molecule has 0 atom stereocenters. The summed E-state index contributed by atoms with van der Waals surface area (Å²) >= 11 is 3.04. The van der Waals surface area contributed by atoms with Gasteiger partial charge in [-0.2, -0.15) is 0 Å². The van der Waals surface area contributed by atoms with E-state index in [9.17, 15) is 8.78 Å². The molecule has 0 fully saturated rings. The second kappa shape index (κ2) is 5.29. The number of para-hydroxylation sites is 1. The van der Waals surface area contributed by atoms with Gasteiger partial charge in [-0.25, -0.2) is 8.78 Å². The number of benzene rings is 2. The number of nitrogens with two attached hydrogens (primary N) is 1. The fraction of sp³-hybridized carbons (Fsp3) is 0. The molecule has 0 bridgehead atoms. The normalized spacial score (nSPS) is 10.8. The van der Waals surface area contributed by atoms with Crippen molar-refractivity contribution in [2.24, 2.45) is 0 Å². The number of nitrogen functional groups attached to an aromatic ring is 1. The number of fused-ring (bicyclic) bond motifs is 1. The molecule has 0 aliphatic rings. The maximum absolute atomic E-state index is 13.9. The molecular formula is C15H10BrF2N3. The Balaban J connectivity index is 2.17. The highest BCUT2D eigenvalue weighted by Gasteiger charge is 2.14. The highest BCUT2D eigenvalue weighted by molar-refractivity contribution is 9.10. The van der Waals surface area contributed by atoms with Crippen LogP contribution in [0.2, 0.25) is 0 Å². The quantitative estimate of drug-likeness (QED) is 0.710. The van der Waals surface area contributed by atoms with Gasteiger partial charge in [0.05, 0.1) is 23.1 Å². The lowest BCUT2D eigenvalue weighted by Crippen LogP contribution is -2.02. The zero-order valence-corrected chi connectivity index (χ0v) is 12.3. The average Bonchev–Trinajstić information content (AvgIpc) is 2.44. The number of nitrogens with zero attached hydrogens (tertiary/aromatic N) is 1. The first kappa shape index (κ1) is 13.8. The standard InChI is InChI=1S/C15H10BrF2N3/c16-8-5-10(17)15(11(18)6-8)21-14-9-3-1-2-4-13(9)20-7-12(14)19/h1-7H,19H2,(H,20,21). The number of aromatic nitrogens is 1. The van der Waals surface area contributed by atoms with Crippen molar-refractivity contribution in [2.75, 3.05) is 11.1 Å². The first-order valence-corrected chi connectivity index (χ1v) is 6.90. The molecule has 6 heteroatoms. The van der Waals surface area contributed by atoms with Crippen molar-refractivity contribution in [1.82, 2.24) is 4.98 Å². The molecule has 3 aromatic rings. The van der Waals surface area contributed by atoms with E-state index in [-0.39, 0.29) is 5.69 Å². The smallest absolute Gasteiger partial charge is 0.150 e. The molecule has 106 valence electrons. The average molecular weight is 350 g/mol. The third-order valence-electron chi connectivity index (χ3n) is 3.06. The van der Waals surface area contributed by atoms with E-state index >= 15 is 0 Å². The molecule has 21 heavy (non-hydrogen) atoms. The van der Waals surface area contributed by atoms with Gasteiger partial charge in [0.2, 0.25) is 0 Å². The zero-order chi connectivity index (χ0) is 15.0. The summed E-state index contributed by atoms with van der Waals surface area (Å²) in [7, 11) is 0. The van der Waals surface area contributed by atoms with Crippen LogP contribution in [0.4, 0.5) is 25.8 Å². The molecular weight excluding hydrogens is 340 g/mol. The molecule has 3 nitrogen and oxygen atoms in total. The Morgan fingerprint density at radius 3 is 2.43 bits per heavy atom. The van der Waals surface area contributed by atoms with Crippen LogP contribution in [-0.2, 0) is 0 Å². The van der Waals surface area contributed by atoms with Crippen LogP contribution in [0.15, 0.2) is 47.1 Å². The van der Waals surface area contributed by atoms with Crippen molar-refractivity contribution in [2.45, 2.75) is 0 Å².